The molecule has 1 atom stereocenters. The van der Waals surface area contributed by atoms with Crippen LogP contribution in [0.15, 0.2) is 0 Å². The standard InChI is InChI=1S/C4H7NO4.CHF3O3S/c5-2(4(8)9)1-3(6)7;2-1(3,4)8(5,6)7/h2H,1,5H2,(H,6,7)(H,8,9);(H,5,6,7). The minimum absolute atomic E-state index is 0.532. The highest BCUT2D eigenvalue weighted by atomic mass is 32.2. The quantitative estimate of drug-likeness (QED) is 0.390. The van der Waals surface area contributed by atoms with E-state index in [4.69, 9.17) is 28.9 Å². The van der Waals surface area contributed by atoms with Crippen molar-refractivity contribution in [1.82, 2.24) is 0 Å². The molecule has 0 aromatic heterocycles. The predicted molar refractivity (Wildman–Crippen MR) is 45.5 cm³/mol. The van der Waals surface area contributed by atoms with Crippen LogP contribution in [0.4, 0.5) is 13.2 Å². The number of nitrogens with two attached hydrogens (primary N) is 1. The van der Waals surface area contributed by atoms with Gasteiger partial charge in [-0.05, 0) is 0 Å². The van der Waals surface area contributed by atoms with Crippen molar-refractivity contribution in [3.05, 3.63) is 0 Å². The maximum absolute atomic E-state index is 10.7. The molecule has 0 amide bonds. The molecule has 0 aromatic carbocycles. The Morgan fingerprint density at radius 2 is 1.53 bits per heavy atom. The van der Waals surface area contributed by atoms with E-state index in [9.17, 15) is 22.8 Å². The lowest BCUT2D eigenvalue weighted by Gasteiger charge is -1.99. The van der Waals surface area contributed by atoms with Crippen LogP contribution >= 0.6 is 0 Å². The Hall–Kier alpha value is -1.40. The number of hydrogen-bond acceptors (Lipinski definition) is 5. The number of hydrogen-bond donors (Lipinski definition) is 4. The minimum Gasteiger partial charge on any atom is -0.481 e. The zero-order valence-corrected chi connectivity index (χ0v) is 8.70. The Morgan fingerprint density at radius 3 is 1.59 bits per heavy atom. The van der Waals surface area contributed by atoms with Crippen LogP contribution in [0.25, 0.3) is 0 Å². The number of carboxylic acid groups (broad SMARTS) is 2. The van der Waals surface area contributed by atoms with Gasteiger partial charge in [0.1, 0.15) is 6.04 Å². The van der Waals surface area contributed by atoms with Crippen molar-refractivity contribution in [3.63, 3.8) is 0 Å². The van der Waals surface area contributed by atoms with Crippen molar-refractivity contribution in [2.45, 2.75) is 18.0 Å². The molecule has 5 N–H and O–H groups in total. The number of rotatable bonds is 3. The van der Waals surface area contributed by atoms with Gasteiger partial charge in [-0.3, -0.25) is 14.1 Å². The third-order valence-corrected chi connectivity index (χ3v) is 1.59. The second-order valence-corrected chi connectivity index (χ2v) is 3.88. The monoisotopic (exact) mass is 283 g/mol. The minimum atomic E-state index is -5.84. The molecule has 17 heavy (non-hydrogen) atoms. The van der Waals surface area contributed by atoms with Crippen LogP contribution in [0.3, 0.4) is 0 Å². The summed E-state index contributed by atoms with van der Waals surface area (Å²) in [7, 11) is -5.84. The van der Waals surface area contributed by atoms with Gasteiger partial charge >= 0.3 is 27.6 Å². The maximum Gasteiger partial charge on any atom is 0.522 e. The molecule has 102 valence electrons. The van der Waals surface area contributed by atoms with Crippen LogP contribution in [-0.4, -0.2) is 46.7 Å². The third kappa shape index (κ3) is 9.52. The molecule has 0 fully saturated rings. The van der Waals surface area contributed by atoms with Crippen molar-refractivity contribution in [1.29, 1.82) is 0 Å². The van der Waals surface area contributed by atoms with Crippen LogP contribution in [0.1, 0.15) is 6.42 Å². The van der Waals surface area contributed by atoms with Gasteiger partial charge in [-0.15, -0.1) is 0 Å². The van der Waals surface area contributed by atoms with Gasteiger partial charge in [0.2, 0.25) is 0 Å². The summed E-state index contributed by atoms with van der Waals surface area (Å²) in [6, 6.07) is -1.29. The average Bonchev–Trinajstić information content (AvgIpc) is 1.99. The second kappa shape index (κ2) is 6.36. The van der Waals surface area contributed by atoms with Gasteiger partial charge in [0.05, 0.1) is 6.42 Å². The summed E-state index contributed by atoms with van der Waals surface area (Å²) in [5.41, 5.74) is -0.698. The molecule has 0 aromatic rings. The van der Waals surface area contributed by atoms with E-state index in [-0.39, 0.29) is 0 Å². The fourth-order valence-corrected chi connectivity index (χ4v) is 0.275. The molecule has 0 aliphatic carbocycles. The van der Waals surface area contributed by atoms with E-state index < -0.39 is 40.0 Å². The number of carbonyl (C=O) groups is 2. The summed E-state index contributed by atoms with van der Waals surface area (Å²) in [5.74, 6) is -2.50. The summed E-state index contributed by atoms with van der Waals surface area (Å²) >= 11 is 0. The van der Waals surface area contributed by atoms with E-state index in [1.807, 2.05) is 0 Å². The maximum atomic E-state index is 10.7. The van der Waals surface area contributed by atoms with E-state index in [1.54, 1.807) is 0 Å². The van der Waals surface area contributed by atoms with Crippen molar-refractivity contribution in [3.8, 4) is 0 Å². The second-order valence-electron chi connectivity index (χ2n) is 2.46. The topological polar surface area (TPSA) is 155 Å². The van der Waals surface area contributed by atoms with E-state index in [0.29, 0.717) is 0 Å². The SMILES string of the molecule is NC(CC(=O)O)C(=O)O.O=S(=O)(O)C(F)(F)F. The molecular formula is C5H8F3NO7S. The fraction of sp³-hybridized carbons (Fsp3) is 0.600. The number of alkyl halides is 3. The van der Waals surface area contributed by atoms with Crippen LogP contribution in [-0.2, 0) is 19.7 Å². The zero-order chi connectivity index (χ0) is 14.4. The van der Waals surface area contributed by atoms with Crippen LogP contribution in [0.2, 0.25) is 0 Å². The molecule has 0 aliphatic heterocycles. The van der Waals surface area contributed by atoms with E-state index in [2.05, 4.69) is 0 Å². The molecule has 1 unspecified atom stereocenters. The summed E-state index contributed by atoms with van der Waals surface area (Å²) in [6.45, 7) is 0. The first-order valence-electron chi connectivity index (χ1n) is 3.53. The molecule has 0 heterocycles. The van der Waals surface area contributed by atoms with Gasteiger partial charge in [0, 0.05) is 0 Å². The summed E-state index contributed by atoms with van der Waals surface area (Å²) in [6.07, 6.45) is -0.532. The Balaban J connectivity index is 0. The van der Waals surface area contributed by atoms with Crippen molar-refractivity contribution >= 4 is 22.1 Å². The molecule has 0 radical (unpaired) electrons. The van der Waals surface area contributed by atoms with Crippen LogP contribution < -0.4 is 5.73 Å². The first-order valence-corrected chi connectivity index (χ1v) is 4.97. The predicted octanol–water partition coefficient (Wildman–Crippen LogP) is -0.733. The van der Waals surface area contributed by atoms with Crippen molar-refractivity contribution in [2.75, 3.05) is 0 Å². The molecule has 0 aliphatic rings. The molecule has 8 nitrogen and oxygen atoms in total. The summed E-state index contributed by atoms with van der Waals surface area (Å²) < 4.78 is 57.5. The number of halogens is 3. The number of carboxylic acids is 2. The molecule has 0 saturated carbocycles. The fourth-order valence-electron chi connectivity index (χ4n) is 0.275. The normalized spacial score (nSPS) is 13.2. The smallest absolute Gasteiger partial charge is 0.481 e. The molecule has 12 heteroatoms. The molecule has 0 bridgehead atoms. The van der Waals surface area contributed by atoms with Gasteiger partial charge in [0.25, 0.3) is 0 Å². The highest BCUT2D eigenvalue weighted by molar-refractivity contribution is 7.86. The van der Waals surface area contributed by atoms with Gasteiger partial charge in [-0.1, -0.05) is 0 Å². The summed E-state index contributed by atoms with van der Waals surface area (Å²) in [5, 5.41) is 16.0. The van der Waals surface area contributed by atoms with Crippen molar-refractivity contribution < 1.29 is 45.9 Å². The first kappa shape index (κ1) is 18.0. The lowest BCUT2D eigenvalue weighted by molar-refractivity contribution is -0.144. The molecule has 0 spiro atoms. The molecule has 0 saturated heterocycles. The Morgan fingerprint density at radius 1 is 1.24 bits per heavy atom. The van der Waals surface area contributed by atoms with Gasteiger partial charge in [0.15, 0.2) is 0 Å². The Labute approximate surface area is 92.6 Å². The van der Waals surface area contributed by atoms with E-state index in [1.165, 1.54) is 0 Å². The summed E-state index contributed by atoms with van der Waals surface area (Å²) in [4.78, 5) is 19.6. The van der Waals surface area contributed by atoms with Crippen molar-refractivity contribution in [2.24, 2.45) is 5.73 Å². The van der Waals surface area contributed by atoms with Gasteiger partial charge < -0.3 is 15.9 Å². The highest BCUT2D eigenvalue weighted by Gasteiger charge is 2.44. The van der Waals surface area contributed by atoms with Crippen LogP contribution in [0, 0.1) is 0 Å². The Kier molecular flexibility index (Phi) is 6.73. The Bertz CT molecular complexity index is 375. The lowest BCUT2D eigenvalue weighted by Crippen LogP contribution is -2.32. The zero-order valence-electron chi connectivity index (χ0n) is 7.88. The van der Waals surface area contributed by atoms with Gasteiger partial charge in [-0.2, -0.15) is 21.6 Å². The lowest BCUT2D eigenvalue weighted by atomic mass is 10.2. The van der Waals surface area contributed by atoms with Gasteiger partial charge in [-0.25, -0.2) is 0 Å². The number of aliphatic carboxylic acids is 2. The van der Waals surface area contributed by atoms with E-state index >= 15 is 0 Å². The highest BCUT2D eigenvalue weighted by Crippen LogP contribution is 2.20. The largest absolute Gasteiger partial charge is 0.522 e. The first-order chi connectivity index (χ1) is 7.29. The van der Waals surface area contributed by atoms with E-state index in [0.717, 1.165) is 0 Å². The van der Waals surface area contributed by atoms with Crippen LogP contribution in [0.5, 0.6) is 0 Å². The average molecular weight is 283 g/mol. The molecule has 0 rings (SSSR count). The third-order valence-electron chi connectivity index (χ3n) is 1.00. The molecular weight excluding hydrogens is 275 g/mol.